The Kier molecular flexibility index (Phi) is 6.26. The van der Waals surface area contributed by atoms with Gasteiger partial charge >= 0.3 is 0 Å². The Morgan fingerprint density at radius 2 is 1.80 bits per heavy atom. The Hall–Kier alpha value is -0.650. The van der Waals surface area contributed by atoms with E-state index in [2.05, 4.69) is 5.32 Å². The van der Waals surface area contributed by atoms with Crippen LogP contribution in [0.2, 0.25) is 0 Å². The predicted octanol–water partition coefficient (Wildman–Crippen LogP) is 1.03. The Morgan fingerprint density at radius 1 is 1.15 bits per heavy atom. The van der Waals surface area contributed by atoms with Gasteiger partial charge in [-0.3, -0.25) is 4.79 Å². The minimum Gasteiger partial charge on any atom is -0.380 e. The Balaban J connectivity index is 1.85. The van der Waals surface area contributed by atoms with Gasteiger partial charge in [-0.25, -0.2) is 0 Å². The van der Waals surface area contributed by atoms with E-state index in [-0.39, 0.29) is 11.8 Å². The number of carbonyl (C=O) groups excluding carboxylic acids is 1. The first kappa shape index (κ1) is 15.7. The molecule has 5 nitrogen and oxygen atoms in total. The minimum atomic E-state index is 0.164. The molecule has 2 aliphatic rings. The van der Waals surface area contributed by atoms with Gasteiger partial charge in [-0.1, -0.05) is 0 Å². The van der Waals surface area contributed by atoms with Crippen LogP contribution in [0.25, 0.3) is 0 Å². The summed E-state index contributed by atoms with van der Waals surface area (Å²) < 4.78 is 10.8. The van der Waals surface area contributed by atoms with Crippen molar-refractivity contribution in [2.75, 3.05) is 39.5 Å². The SMILES string of the molecule is CCOCCN(CCOCC)C(=O)C1CC2CCC1N2. The van der Waals surface area contributed by atoms with E-state index in [1.165, 1.54) is 6.42 Å². The van der Waals surface area contributed by atoms with Gasteiger partial charge in [0, 0.05) is 38.4 Å². The highest BCUT2D eigenvalue weighted by Crippen LogP contribution is 2.34. The maximum atomic E-state index is 12.7. The van der Waals surface area contributed by atoms with Crippen LogP contribution in [0.1, 0.15) is 33.1 Å². The van der Waals surface area contributed by atoms with Crippen LogP contribution in [0.5, 0.6) is 0 Å². The molecular weight excluding hydrogens is 256 g/mol. The third kappa shape index (κ3) is 3.93. The molecule has 2 fully saturated rings. The molecule has 116 valence electrons. The van der Waals surface area contributed by atoms with Crippen LogP contribution in [-0.4, -0.2) is 62.4 Å². The second-order valence-electron chi connectivity index (χ2n) is 5.61. The van der Waals surface area contributed by atoms with E-state index in [1.54, 1.807) is 0 Å². The van der Waals surface area contributed by atoms with Crippen molar-refractivity contribution in [3.63, 3.8) is 0 Å². The first-order valence-corrected chi connectivity index (χ1v) is 7.96. The molecule has 3 atom stereocenters. The fraction of sp³-hybridized carbons (Fsp3) is 0.933. The summed E-state index contributed by atoms with van der Waals surface area (Å²) in [7, 11) is 0. The molecular formula is C15H28N2O3. The lowest BCUT2D eigenvalue weighted by Gasteiger charge is -2.28. The van der Waals surface area contributed by atoms with Gasteiger partial charge in [0.15, 0.2) is 0 Å². The molecule has 3 unspecified atom stereocenters. The summed E-state index contributed by atoms with van der Waals surface area (Å²) in [4.78, 5) is 14.6. The number of amides is 1. The molecule has 0 aromatic rings. The first-order valence-electron chi connectivity index (χ1n) is 7.96. The zero-order valence-electron chi connectivity index (χ0n) is 12.8. The van der Waals surface area contributed by atoms with E-state index in [9.17, 15) is 4.79 Å². The maximum Gasteiger partial charge on any atom is 0.227 e. The number of fused-ring (bicyclic) bond motifs is 2. The molecule has 0 radical (unpaired) electrons. The van der Waals surface area contributed by atoms with Gasteiger partial charge < -0.3 is 19.7 Å². The number of hydrogen-bond donors (Lipinski definition) is 1. The first-order chi connectivity index (χ1) is 9.76. The molecule has 0 aromatic carbocycles. The van der Waals surface area contributed by atoms with Crippen LogP contribution < -0.4 is 5.32 Å². The second kappa shape index (κ2) is 7.96. The second-order valence-corrected chi connectivity index (χ2v) is 5.61. The molecule has 1 N–H and O–H groups in total. The molecule has 0 saturated carbocycles. The average molecular weight is 284 g/mol. The third-order valence-electron chi connectivity index (χ3n) is 4.35. The van der Waals surface area contributed by atoms with Crippen molar-refractivity contribution in [1.82, 2.24) is 10.2 Å². The number of carbonyl (C=O) groups is 1. The average Bonchev–Trinajstić information content (AvgIpc) is 3.08. The van der Waals surface area contributed by atoms with E-state index in [1.807, 2.05) is 18.7 Å². The molecule has 2 aliphatic heterocycles. The number of nitrogens with one attached hydrogen (secondary N) is 1. The zero-order chi connectivity index (χ0) is 14.4. The van der Waals surface area contributed by atoms with Crippen molar-refractivity contribution in [3.05, 3.63) is 0 Å². The monoisotopic (exact) mass is 284 g/mol. The molecule has 20 heavy (non-hydrogen) atoms. The van der Waals surface area contributed by atoms with Gasteiger partial charge in [0.1, 0.15) is 0 Å². The van der Waals surface area contributed by atoms with Crippen molar-refractivity contribution in [2.24, 2.45) is 5.92 Å². The van der Waals surface area contributed by atoms with Crippen LogP contribution in [0.15, 0.2) is 0 Å². The molecule has 2 bridgehead atoms. The van der Waals surface area contributed by atoms with Gasteiger partial charge in [0.2, 0.25) is 5.91 Å². The Morgan fingerprint density at radius 3 is 2.25 bits per heavy atom. The molecule has 2 heterocycles. The van der Waals surface area contributed by atoms with E-state index >= 15 is 0 Å². The fourth-order valence-electron chi connectivity index (χ4n) is 3.30. The minimum absolute atomic E-state index is 0.164. The normalized spacial score (nSPS) is 28.0. The van der Waals surface area contributed by atoms with Gasteiger partial charge in [0.25, 0.3) is 0 Å². The molecule has 2 rings (SSSR count). The van der Waals surface area contributed by atoms with E-state index < -0.39 is 0 Å². The number of ether oxygens (including phenoxy) is 2. The van der Waals surface area contributed by atoms with E-state index in [4.69, 9.17) is 9.47 Å². The Bertz CT molecular complexity index is 301. The summed E-state index contributed by atoms with van der Waals surface area (Å²) in [5.74, 6) is 0.445. The molecule has 0 spiro atoms. The lowest BCUT2D eigenvalue weighted by Crippen LogP contribution is -2.44. The lowest BCUT2D eigenvalue weighted by molar-refractivity contribution is -0.137. The highest BCUT2D eigenvalue weighted by Gasteiger charge is 2.43. The van der Waals surface area contributed by atoms with Crippen LogP contribution in [-0.2, 0) is 14.3 Å². The highest BCUT2D eigenvalue weighted by atomic mass is 16.5. The molecule has 0 aliphatic carbocycles. The third-order valence-corrected chi connectivity index (χ3v) is 4.35. The van der Waals surface area contributed by atoms with Crippen LogP contribution in [0.4, 0.5) is 0 Å². The van der Waals surface area contributed by atoms with Crippen molar-refractivity contribution in [3.8, 4) is 0 Å². The van der Waals surface area contributed by atoms with Crippen molar-refractivity contribution >= 4 is 5.91 Å². The highest BCUT2D eigenvalue weighted by molar-refractivity contribution is 5.80. The largest absolute Gasteiger partial charge is 0.380 e. The van der Waals surface area contributed by atoms with Crippen molar-refractivity contribution in [1.29, 1.82) is 0 Å². The summed E-state index contributed by atoms with van der Waals surface area (Å²) in [5, 5.41) is 3.54. The van der Waals surface area contributed by atoms with Crippen LogP contribution >= 0.6 is 0 Å². The molecule has 2 saturated heterocycles. The van der Waals surface area contributed by atoms with Crippen LogP contribution in [0, 0.1) is 5.92 Å². The fourth-order valence-corrected chi connectivity index (χ4v) is 3.30. The summed E-state index contributed by atoms with van der Waals surface area (Å²) in [6, 6.07) is 0.962. The summed E-state index contributed by atoms with van der Waals surface area (Å²) in [6.07, 6.45) is 3.38. The molecule has 5 heteroatoms. The topological polar surface area (TPSA) is 50.8 Å². The summed E-state index contributed by atoms with van der Waals surface area (Å²) >= 11 is 0. The summed E-state index contributed by atoms with van der Waals surface area (Å²) in [5.41, 5.74) is 0. The lowest BCUT2D eigenvalue weighted by atomic mass is 9.88. The predicted molar refractivity (Wildman–Crippen MR) is 77.6 cm³/mol. The number of nitrogens with zero attached hydrogens (tertiary/aromatic N) is 1. The van der Waals surface area contributed by atoms with Gasteiger partial charge in [-0.15, -0.1) is 0 Å². The molecule has 0 aromatic heterocycles. The van der Waals surface area contributed by atoms with E-state index in [0.717, 1.165) is 12.8 Å². The molecule has 1 amide bonds. The van der Waals surface area contributed by atoms with Crippen molar-refractivity contribution < 1.29 is 14.3 Å². The Labute approximate surface area is 122 Å². The zero-order valence-corrected chi connectivity index (χ0v) is 12.8. The van der Waals surface area contributed by atoms with Gasteiger partial charge in [-0.05, 0) is 33.1 Å². The van der Waals surface area contributed by atoms with Crippen molar-refractivity contribution in [2.45, 2.75) is 45.2 Å². The summed E-state index contributed by atoms with van der Waals surface area (Å²) in [6.45, 7) is 7.93. The van der Waals surface area contributed by atoms with Gasteiger partial charge in [-0.2, -0.15) is 0 Å². The van der Waals surface area contributed by atoms with E-state index in [0.29, 0.717) is 51.6 Å². The standard InChI is InChI=1S/C15H28N2O3/c1-3-19-9-7-17(8-10-20-4-2)15(18)13-11-12-5-6-14(13)16-12/h12-14,16H,3-11H2,1-2H3. The van der Waals surface area contributed by atoms with Crippen LogP contribution in [0.3, 0.4) is 0 Å². The quantitative estimate of drug-likeness (QED) is 0.643. The number of hydrogen-bond acceptors (Lipinski definition) is 4. The number of rotatable bonds is 9. The smallest absolute Gasteiger partial charge is 0.227 e. The van der Waals surface area contributed by atoms with Gasteiger partial charge in [0.05, 0.1) is 19.1 Å². The maximum absolute atomic E-state index is 12.7.